The summed E-state index contributed by atoms with van der Waals surface area (Å²) in [7, 11) is -3.63. The molecule has 1 aliphatic heterocycles. The quantitative estimate of drug-likeness (QED) is 0.770. The molecule has 0 N–H and O–H groups in total. The molecule has 2 heterocycles. The zero-order chi connectivity index (χ0) is 17.4. The summed E-state index contributed by atoms with van der Waals surface area (Å²) in [5, 5.41) is 8.22. The third kappa shape index (κ3) is 3.28. The SMILES string of the molecule is C=CCOc1ccc2onc(CS(=O)(=O)C3=NOC(C)(C)C3)c2c1. The fourth-order valence-electron chi connectivity index (χ4n) is 2.35. The molecule has 0 aliphatic carbocycles. The number of hydrogen-bond donors (Lipinski definition) is 0. The minimum absolute atomic E-state index is 0.0303. The van der Waals surface area contributed by atoms with Crippen LogP contribution in [-0.4, -0.2) is 30.8 Å². The summed E-state index contributed by atoms with van der Waals surface area (Å²) in [5.41, 5.74) is 0.206. The predicted molar refractivity (Wildman–Crippen MR) is 89.5 cm³/mol. The average molecular weight is 350 g/mol. The summed E-state index contributed by atoms with van der Waals surface area (Å²) in [6.07, 6.45) is 1.86. The number of hydrogen-bond acceptors (Lipinski definition) is 7. The van der Waals surface area contributed by atoms with E-state index in [1.54, 1.807) is 38.1 Å². The lowest BCUT2D eigenvalue weighted by molar-refractivity contribution is 0.0123. The minimum Gasteiger partial charge on any atom is -0.490 e. The van der Waals surface area contributed by atoms with Crippen LogP contribution in [0.25, 0.3) is 11.0 Å². The molecule has 7 nitrogen and oxygen atoms in total. The Kier molecular flexibility index (Phi) is 4.08. The van der Waals surface area contributed by atoms with Crippen molar-refractivity contribution >= 4 is 25.9 Å². The summed E-state index contributed by atoms with van der Waals surface area (Å²) in [4.78, 5) is 5.14. The summed E-state index contributed by atoms with van der Waals surface area (Å²) >= 11 is 0. The Labute approximate surface area is 139 Å². The first-order valence-electron chi connectivity index (χ1n) is 7.40. The van der Waals surface area contributed by atoms with Gasteiger partial charge in [-0.1, -0.05) is 23.0 Å². The van der Waals surface area contributed by atoms with E-state index in [0.717, 1.165) is 0 Å². The lowest BCUT2D eigenvalue weighted by Crippen LogP contribution is -2.23. The van der Waals surface area contributed by atoms with Gasteiger partial charge < -0.3 is 14.1 Å². The van der Waals surface area contributed by atoms with Crippen molar-refractivity contribution in [3.63, 3.8) is 0 Å². The normalized spacial score (nSPS) is 16.7. The van der Waals surface area contributed by atoms with Crippen molar-refractivity contribution in [1.29, 1.82) is 0 Å². The summed E-state index contributed by atoms with van der Waals surface area (Å²) in [5.74, 6) is 0.287. The number of aromatic nitrogens is 1. The van der Waals surface area contributed by atoms with Crippen molar-refractivity contribution in [2.24, 2.45) is 5.16 Å². The Balaban J connectivity index is 1.88. The van der Waals surface area contributed by atoms with E-state index in [1.165, 1.54) is 0 Å². The van der Waals surface area contributed by atoms with Gasteiger partial charge in [0.05, 0.1) is 0 Å². The second kappa shape index (κ2) is 5.94. The van der Waals surface area contributed by atoms with Crippen LogP contribution in [0.4, 0.5) is 0 Å². The Hall–Kier alpha value is -2.35. The third-order valence-electron chi connectivity index (χ3n) is 3.54. The van der Waals surface area contributed by atoms with Crippen molar-refractivity contribution in [2.45, 2.75) is 31.6 Å². The highest BCUT2D eigenvalue weighted by Gasteiger charge is 2.36. The standard InChI is InChI=1S/C16H18N2O5S/c1-4-7-21-11-5-6-14-12(8-11)13(17-22-14)10-24(19,20)15-9-16(2,3)23-18-15/h4-6,8H,1,7,9-10H2,2-3H3. The first-order chi connectivity index (χ1) is 11.3. The van der Waals surface area contributed by atoms with Gasteiger partial charge in [-0.15, -0.1) is 0 Å². The van der Waals surface area contributed by atoms with Gasteiger partial charge in [0.15, 0.2) is 10.6 Å². The number of rotatable bonds is 5. The lowest BCUT2D eigenvalue weighted by atomic mass is 10.1. The second-order valence-electron chi connectivity index (χ2n) is 6.16. The molecule has 1 aliphatic rings. The molecular weight excluding hydrogens is 332 g/mol. The van der Waals surface area contributed by atoms with Crippen LogP contribution in [0.5, 0.6) is 5.75 Å². The van der Waals surface area contributed by atoms with Crippen molar-refractivity contribution in [2.75, 3.05) is 6.61 Å². The number of fused-ring (bicyclic) bond motifs is 1. The predicted octanol–water partition coefficient (Wildman–Crippen LogP) is 2.82. The Morgan fingerprint density at radius 1 is 1.42 bits per heavy atom. The van der Waals surface area contributed by atoms with Crippen LogP contribution < -0.4 is 4.74 Å². The van der Waals surface area contributed by atoms with E-state index in [9.17, 15) is 8.42 Å². The molecule has 1 aromatic carbocycles. The highest BCUT2D eigenvalue weighted by molar-refractivity contribution is 8.05. The van der Waals surface area contributed by atoms with Crippen LogP contribution in [0.2, 0.25) is 0 Å². The van der Waals surface area contributed by atoms with Gasteiger partial charge in [0, 0.05) is 11.8 Å². The zero-order valence-corrected chi connectivity index (χ0v) is 14.3. The van der Waals surface area contributed by atoms with Crippen LogP contribution in [0.1, 0.15) is 26.0 Å². The molecule has 2 aromatic rings. The number of oxime groups is 1. The van der Waals surface area contributed by atoms with Crippen LogP contribution >= 0.6 is 0 Å². The minimum atomic E-state index is -3.63. The van der Waals surface area contributed by atoms with Crippen molar-refractivity contribution < 1.29 is 22.5 Å². The van der Waals surface area contributed by atoms with E-state index < -0.39 is 15.4 Å². The molecule has 0 saturated heterocycles. The molecule has 0 amide bonds. The van der Waals surface area contributed by atoms with E-state index in [4.69, 9.17) is 14.1 Å². The van der Waals surface area contributed by atoms with E-state index >= 15 is 0 Å². The van der Waals surface area contributed by atoms with Crippen molar-refractivity contribution in [1.82, 2.24) is 5.16 Å². The van der Waals surface area contributed by atoms with Crippen molar-refractivity contribution in [3.8, 4) is 5.75 Å². The highest BCUT2D eigenvalue weighted by atomic mass is 32.2. The van der Waals surface area contributed by atoms with Gasteiger partial charge in [0.25, 0.3) is 0 Å². The van der Waals surface area contributed by atoms with Gasteiger partial charge in [0.2, 0.25) is 9.84 Å². The molecule has 128 valence electrons. The fraction of sp³-hybridized carbons (Fsp3) is 0.375. The number of nitrogens with zero attached hydrogens (tertiary/aromatic N) is 2. The van der Waals surface area contributed by atoms with E-state index in [2.05, 4.69) is 16.9 Å². The van der Waals surface area contributed by atoms with Gasteiger partial charge in [-0.3, -0.25) is 0 Å². The number of sulfone groups is 1. The molecule has 0 atom stereocenters. The largest absolute Gasteiger partial charge is 0.490 e. The molecule has 0 bridgehead atoms. The molecule has 3 rings (SSSR count). The van der Waals surface area contributed by atoms with E-state index in [-0.39, 0.29) is 17.2 Å². The van der Waals surface area contributed by atoms with Gasteiger partial charge >= 0.3 is 0 Å². The first-order valence-corrected chi connectivity index (χ1v) is 9.06. The molecule has 0 radical (unpaired) electrons. The number of benzene rings is 1. The Morgan fingerprint density at radius 2 is 2.21 bits per heavy atom. The van der Waals surface area contributed by atoms with Crippen LogP contribution in [0.3, 0.4) is 0 Å². The molecule has 0 fully saturated rings. The highest BCUT2D eigenvalue weighted by Crippen LogP contribution is 2.29. The Morgan fingerprint density at radius 3 is 2.88 bits per heavy atom. The molecule has 0 unspecified atom stereocenters. The number of ether oxygens (including phenoxy) is 1. The van der Waals surface area contributed by atoms with Crippen LogP contribution in [-0.2, 0) is 20.4 Å². The summed E-state index contributed by atoms with van der Waals surface area (Å²) in [6.45, 7) is 7.52. The van der Waals surface area contributed by atoms with E-state index in [0.29, 0.717) is 29.0 Å². The monoisotopic (exact) mass is 350 g/mol. The van der Waals surface area contributed by atoms with Gasteiger partial charge in [-0.05, 0) is 32.0 Å². The van der Waals surface area contributed by atoms with Crippen molar-refractivity contribution in [3.05, 3.63) is 36.5 Å². The molecule has 1 aromatic heterocycles. The molecule has 0 spiro atoms. The topological polar surface area (TPSA) is 91.0 Å². The molecule has 24 heavy (non-hydrogen) atoms. The third-order valence-corrected chi connectivity index (χ3v) is 5.13. The van der Waals surface area contributed by atoms with Gasteiger partial charge in [0.1, 0.15) is 29.4 Å². The first kappa shape index (κ1) is 16.5. The zero-order valence-electron chi connectivity index (χ0n) is 13.5. The van der Waals surface area contributed by atoms with Crippen LogP contribution in [0, 0.1) is 0 Å². The maximum absolute atomic E-state index is 12.6. The van der Waals surface area contributed by atoms with Gasteiger partial charge in [-0.25, -0.2) is 8.42 Å². The average Bonchev–Trinajstić information content (AvgIpc) is 3.08. The summed E-state index contributed by atoms with van der Waals surface area (Å²) in [6, 6.07) is 5.12. The molecule has 0 saturated carbocycles. The van der Waals surface area contributed by atoms with Crippen LogP contribution in [0.15, 0.2) is 40.5 Å². The molecular formula is C16H18N2O5S. The Bertz CT molecular complexity index is 912. The second-order valence-corrected chi connectivity index (χ2v) is 8.15. The maximum Gasteiger partial charge on any atom is 0.200 e. The van der Waals surface area contributed by atoms with Gasteiger partial charge in [-0.2, -0.15) is 0 Å². The molecule has 8 heteroatoms. The van der Waals surface area contributed by atoms with E-state index in [1.807, 2.05) is 0 Å². The maximum atomic E-state index is 12.6. The summed E-state index contributed by atoms with van der Waals surface area (Å²) < 4.78 is 35.8. The lowest BCUT2D eigenvalue weighted by Gasteiger charge is -2.13. The fourth-order valence-corrected chi connectivity index (χ4v) is 3.80. The smallest absolute Gasteiger partial charge is 0.200 e.